The second-order valence-corrected chi connectivity index (χ2v) is 6.97. The number of carbonyl (C=O) groups is 2. The second-order valence-electron chi connectivity index (χ2n) is 5.01. The smallest absolute Gasteiger partial charge is 0.267 e. The summed E-state index contributed by atoms with van der Waals surface area (Å²) in [7, 11) is 1.60. The van der Waals surface area contributed by atoms with E-state index in [-0.39, 0.29) is 16.1 Å². The molecule has 1 aromatic carbocycles. The van der Waals surface area contributed by atoms with Gasteiger partial charge in [-0.05, 0) is 45.8 Å². The number of benzene rings is 1. The summed E-state index contributed by atoms with van der Waals surface area (Å²) in [6, 6.07) is 7.26. The highest BCUT2D eigenvalue weighted by atomic mass is 32.2. The summed E-state index contributed by atoms with van der Waals surface area (Å²) in [5.74, 6) is -1.16. The molecule has 0 atom stereocenters. The number of nitrogens with zero attached hydrogens (tertiary/aromatic N) is 5. The fourth-order valence-electron chi connectivity index (χ4n) is 1.95. The summed E-state index contributed by atoms with van der Waals surface area (Å²) in [5.41, 5.74) is 4.23. The van der Waals surface area contributed by atoms with Gasteiger partial charge in [0.05, 0.1) is 14.7 Å². The number of hydrazine groups is 1. The van der Waals surface area contributed by atoms with E-state index in [1.54, 1.807) is 24.6 Å². The zero-order chi connectivity index (χ0) is 19.4. The molecule has 0 saturated carbocycles. The Morgan fingerprint density at radius 1 is 1.26 bits per heavy atom. The minimum absolute atomic E-state index is 0.0219. The number of amides is 2. The minimum atomic E-state index is -0.681. The van der Waals surface area contributed by atoms with Crippen molar-refractivity contribution in [3.8, 4) is 0 Å². The predicted octanol–water partition coefficient (Wildman–Crippen LogP) is 1.41. The van der Waals surface area contributed by atoms with Gasteiger partial charge in [0.25, 0.3) is 17.5 Å². The van der Waals surface area contributed by atoms with Crippen molar-refractivity contribution in [1.82, 2.24) is 31.1 Å². The third-order valence-corrected chi connectivity index (χ3v) is 5.20. The maximum atomic E-state index is 12.2. The Bertz CT molecular complexity index is 1000. The number of aromatic nitrogens is 4. The summed E-state index contributed by atoms with van der Waals surface area (Å²) in [6.45, 7) is 0. The lowest BCUT2D eigenvalue weighted by atomic mass is 10.2. The molecule has 138 valence electrons. The number of hydrogen-bond donors (Lipinski definition) is 2. The number of rotatable bonds is 5. The Hall–Kier alpha value is -3.32. The molecule has 0 unspecified atom stereocenters. The van der Waals surface area contributed by atoms with E-state index < -0.39 is 16.7 Å². The molecule has 3 rings (SSSR count). The molecule has 3 aromatic rings. The maximum absolute atomic E-state index is 12.2. The number of nitro groups is 1. The van der Waals surface area contributed by atoms with Crippen LogP contribution in [0.15, 0.2) is 45.8 Å². The topological polar surface area (TPSA) is 145 Å². The number of nitrogens with one attached hydrogen (secondary N) is 2. The van der Waals surface area contributed by atoms with Crippen LogP contribution in [-0.4, -0.2) is 36.9 Å². The Morgan fingerprint density at radius 3 is 2.67 bits per heavy atom. The van der Waals surface area contributed by atoms with Crippen molar-refractivity contribution in [2.24, 2.45) is 7.05 Å². The third-order valence-electron chi connectivity index (χ3n) is 3.23. The van der Waals surface area contributed by atoms with Crippen molar-refractivity contribution >= 4 is 40.6 Å². The van der Waals surface area contributed by atoms with Gasteiger partial charge in [-0.25, -0.2) is 4.68 Å². The van der Waals surface area contributed by atoms with Crippen LogP contribution < -0.4 is 10.9 Å². The van der Waals surface area contributed by atoms with Gasteiger partial charge < -0.3 is 0 Å². The highest BCUT2D eigenvalue weighted by Crippen LogP contribution is 2.33. The first-order chi connectivity index (χ1) is 13.0. The summed E-state index contributed by atoms with van der Waals surface area (Å²) in [4.78, 5) is 35.5. The minimum Gasteiger partial charge on any atom is -0.267 e. The van der Waals surface area contributed by atoms with Crippen molar-refractivity contribution in [3.05, 3.63) is 56.3 Å². The molecule has 0 aliphatic rings. The molecule has 0 saturated heterocycles. The molecular weight excluding hydrogens is 394 g/mol. The van der Waals surface area contributed by atoms with E-state index in [1.807, 2.05) is 0 Å². The van der Waals surface area contributed by atoms with E-state index in [9.17, 15) is 19.7 Å². The van der Waals surface area contributed by atoms with Crippen LogP contribution in [-0.2, 0) is 7.05 Å². The SMILES string of the molecule is Cn1nnnc1Sc1ccc(C(=O)NNC(=O)c2cccs2)cc1[N+](=O)[O-]. The van der Waals surface area contributed by atoms with Crippen LogP contribution in [0.25, 0.3) is 0 Å². The molecule has 2 heterocycles. The molecule has 2 N–H and O–H groups in total. The van der Waals surface area contributed by atoms with Gasteiger partial charge >= 0.3 is 0 Å². The van der Waals surface area contributed by atoms with Crippen LogP contribution in [0.3, 0.4) is 0 Å². The first-order valence-electron chi connectivity index (χ1n) is 7.28. The fourth-order valence-corrected chi connectivity index (χ4v) is 3.38. The molecule has 0 fully saturated rings. The molecule has 0 aliphatic heterocycles. The molecule has 0 bridgehead atoms. The first-order valence-corrected chi connectivity index (χ1v) is 8.98. The van der Waals surface area contributed by atoms with Gasteiger partial charge in [-0.2, -0.15) is 0 Å². The third kappa shape index (κ3) is 4.27. The van der Waals surface area contributed by atoms with Crippen LogP contribution in [0, 0.1) is 10.1 Å². The molecule has 2 amide bonds. The normalized spacial score (nSPS) is 10.4. The maximum Gasteiger partial charge on any atom is 0.284 e. The van der Waals surface area contributed by atoms with Crippen molar-refractivity contribution in [3.63, 3.8) is 0 Å². The van der Waals surface area contributed by atoms with Crippen molar-refractivity contribution in [2.75, 3.05) is 0 Å². The van der Waals surface area contributed by atoms with Gasteiger partial charge in [0.1, 0.15) is 0 Å². The number of hydrogen-bond acceptors (Lipinski definition) is 9. The highest BCUT2D eigenvalue weighted by molar-refractivity contribution is 7.99. The van der Waals surface area contributed by atoms with E-state index >= 15 is 0 Å². The summed E-state index contributed by atoms with van der Waals surface area (Å²) in [5, 5.41) is 24.3. The van der Waals surface area contributed by atoms with Gasteiger partial charge in [0, 0.05) is 18.7 Å². The summed E-state index contributed by atoms with van der Waals surface area (Å²) < 4.78 is 1.37. The van der Waals surface area contributed by atoms with Crippen LogP contribution in [0.2, 0.25) is 0 Å². The second kappa shape index (κ2) is 7.92. The zero-order valence-electron chi connectivity index (χ0n) is 13.6. The first kappa shape index (κ1) is 18.5. The summed E-state index contributed by atoms with van der Waals surface area (Å²) in [6.07, 6.45) is 0. The van der Waals surface area contributed by atoms with E-state index in [1.165, 1.54) is 28.2 Å². The number of thiophene rings is 1. The van der Waals surface area contributed by atoms with Crippen molar-refractivity contribution < 1.29 is 14.5 Å². The van der Waals surface area contributed by atoms with E-state index in [0.717, 1.165) is 17.8 Å². The lowest BCUT2D eigenvalue weighted by molar-refractivity contribution is -0.387. The van der Waals surface area contributed by atoms with E-state index in [0.29, 0.717) is 10.0 Å². The molecule has 0 spiro atoms. The average Bonchev–Trinajstić information content (AvgIpc) is 3.32. The Labute approximate surface area is 159 Å². The van der Waals surface area contributed by atoms with Gasteiger partial charge in [-0.15, -0.1) is 16.4 Å². The van der Waals surface area contributed by atoms with Gasteiger partial charge in [-0.1, -0.05) is 6.07 Å². The lowest BCUT2D eigenvalue weighted by Crippen LogP contribution is -2.41. The Morgan fingerprint density at radius 2 is 2.04 bits per heavy atom. The average molecular weight is 405 g/mol. The molecule has 27 heavy (non-hydrogen) atoms. The van der Waals surface area contributed by atoms with Crippen LogP contribution in [0.5, 0.6) is 0 Å². The van der Waals surface area contributed by atoms with E-state index in [2.05, 4.69) is 26.4 Å². The van der Waals surface area contributed by atoms with Crippen LogP contribution in [0.4, 0.5) is 5.69 Å². The van der Waals surface area contributed by atoms with Gasteiger partial charge in [-0.3, -0.25) is 30.6 Å². The molecule has 0 aliphatic carbocycles. The summed E-state index contributed by atoms with van der Waals surface area (Å²) >= 11 is 2.21. The predicted molar refractivity (Wildman–Crippen MR) is 95.3 cm³/mol. The van der Waals surface area contributed by atoms with Gasteiger partial charge in [0.15, 0.2) is 0 Å². The van der Waals surface area contributed by atoms with Crippen LogP contribution in [0.1, 0.15) is 20.0 Å². The number of aryl methyl sites for hydroxylation is 1. The molecule has 0 radical (unpaired) electrons. The monoisotopic (exact) mass is 405 g/mol. The van der Waals surface area contributed by atoms with Crippen molar-refractivity contribution in [2.45, 2.75) is 10.1 Å². The van der Waals surface area contributed by atoms with Gasteiger partial charge in [0.2, 0.25) is 5.16 Å². The Balaban J connectivity index is 1.75. The largest absolute Gasteiger partial charge is 0.284 e. The zero-order valence-corrected chi connectivity index (χ0v) is 15.3. The number of carbonyl (C=O) groups excluding carboxylic acids is 2. The fraction of sp³-hybridized carbons (Fsp3) is 0.0714. The quantitative estimate of drug-likeness (QED) is 0.479. The number of tetrazole rings is 1. The molecule has 13 heteroatoms. The van der Waals surface area contributed by atoms with Crippen molar-refractivity contribution in [1.29, 1.82) is 0 Å². The number of nitro benzene ring substituents is 1. The highest BCUT2D eigenvalue weighted by Gasteiger charge is 2.20. The van der Waals surface area contributed by atoms with Crippen LogP contribution >= 0.6 is 23.1 Å². The molecule has 2 aromatic heterocycles. The molecule has 11 nitrogen and oxygen atoms in total. The lowest BCUT2D eigenvalue weighted by Gasteiger charge is -2.07. The van der Waals surface area contributed by atoms with E-state index in [4.69, 9.17) is 0 Å². The Kier molecular flexibility index (Phi) is 5.42. The molecular formula is C14H11N7O4S2. The standard InChI is InChI=1S/C14H11N7O4S2/c1-20-14(17-18-19-20)27-10-5-4-8(7-9(10)21(24)25)12(22)15-16-13(23)11-3-2-6-26-11/h2-7H,1H3,(H,15,22)(H,16,23).